The van der Waals surface area contributed by atoms with Gasteiger partial charge in [-0.2, -0.15) is 0 Å². The number of nitrogens with two attached hydrogens (primary N) is 1. The highest BCUT2D eigenvalue weighted by Crippen LogP contribution is 2.34. The van der Waals surface area contributed by atoms with Crippen molar-refractivity contribution >= 4 is 39.7 Å². The second kappa shape index (κ2) is 6.96. The van der Waals surface area contributed by atoms with E-state index in [1.165, 1.54) is 24.3 Å². The van der Waals surface area contributed by atoms with Crippen molar-refractivity contribution in [2.75, 3.05) is 0 Å². The molecule has 136 valence electrons. The van der Waals surface area contributed by atoms with Gasteiger partial charge < -0.3 is 10.3 Å². The third-order valence-corrected chi connectivity index (χ3v) is 5.45. The summed E-state index contributed by atoms with van der Waals surface area (Å²) in [6.07, 6.45) is 0. The van der Waals surface area contributed by atoms with Gasteiger partial charge in [0.15, 0.2) is 5.65 Å². The molecule has 0 fully saturated rings. The predicted octanol–water partition coefficient (Wildman–Crippen LogP) is 3.46. The fourth-order valence-electron chi connectivity index (χ4n) is 3.09. The van der Waals surface area contributed by atoms with Gasteiger partial charge in [-0.3, -0.25) is 4.79 Å². The SMILES string of the molecule is CCn1c2ccccc2c2nnc(SC(C(N)=O)c3ccc(F)cc3)nc21. The maximum atomic E-state index is 13.2. The Kier molecular flexibility index (Phi) is 4.49. The van der Waals surface area contributed by atoms with Gasteiger partial charge in [0.2, 0.25) is 11.1 Å². The lowest BCUT2D eigenvalue weighted by Gasteiger charge is -2.12. The molecule has 2 aromatic heterocycles. The first kappa shape index (κ1) is 17.4. The van der Waals surface area contributed by atoms with Gasteiger partial charge in [-0.1, -0.05) is 42.1 Å². The molecule has 2 aromatic carbocycles. The molecule has 1 amide bonds. The number of para-hydroxylation sites is 1. The molecule has 0 aliphatic carbocycles. The Hall–Kier alpha value is -3.00. The van der Waals surface area contributed by atoms with Gasteiger partial charge in [0.1, 0.15) is 16.6 Å². The largest absolute Gasteiger partial charge is 0.368 e. The van der Waals surface area contributed by atoms with Crippen molar-refractivity contribution in [3.05, 3.63) is 59.9 Å². The number of hydrogen-bond donors (Lipinski definition) is 1. The summed E-state index contributed by atoms with van der Waals surface area (Å²) in [4.78, 5) is 16.6. The topological polar surface area (TPSA) is 86.7 Å². The molecule has 0 bridgehead atoms. The number of amides is 1. The number of halogens is 1. The third-order valence-electron chi connectivity index (χ3n) is 4.33. The predicted molar refractivity (Wildman–Crippen MR) is 103 cm³/mol. The summed E-state index contributed by atoms with van der Waals surface area (Å²) in [5.41, 5.74) is 8.60. The average Bonchev–Trinajstić information content (AvgIpc) is 2.99. The zero-order chi connectivity index (χ0) is 19.0. The monoisotopic (exact) mass is 381 g/mol. The van der Waals surface area contributed by atoms with Crippen LogP contribution in [0.3, 0.4) is 0 Å². The van der Waals surface area contributed by atoms with Crippen LogP contribution in [-0.4, -0.2) is 25.7 Å². The van der Waals surface area contributed by atoms with Crippen LogP contribution in [0.15, 0.2) is 53.7 Å². The van der Waals surface area contributed by atoms with E-state index in [1.807, 2.05) is 31.2 Å². The summed E-state index contributed by atoms with van der Waals surface area (Å²) >= 11 is 1.10. The standard InChI is InChI=1S/C19H16FN5OS/c1-2-25-14-6-4-3-5-13(14)15-18(25)22-19(24-23-15)27-16(17(21)26)11-7-9-12(20)10-8-11/h3-10,16H,2H2,1H3,(H2,21,26). The highest BCUT2D eigenvalue weighted by molar-refractivity contribution is 8.00. The second-order valence-corrected chi connectivity index (χ2v) is 7.05. The van der Waals surface area contributed by atoms with E-state index in [9.17, 15) is 9.18 Å². The lowest BCUT2D eigenvalue weighted by atomic mass is 10.1. The van der Waals surface area contributed by atoms with Crippen LogP contribution < -0.4 is 5.73 Å². The van der Waals surface area contributed by atoms with Crippen molar-refractivity contribution in [1.29, 1.82) is 0 Å². The molecular formula is C19H16FN5OS. The van der Waals surface area contributed by atoms with Crippen molar-refractivity contribution in [3.63, 3.8) is 0 Å². The highest BCUT2D eigenvalue weighted by Gasteiger charge is 2.22. The molecule has 8 heteroatoms. The molecule has 2 heterocycles. The summed E-state index contributed by atoms with van der Waals surface area (Å²) < 4.78 is 15.2. The minimum Gasteiger partial charge on any atom is -0.368 e. The Bertz CT molecular complexity index is 1140. The van der Waals surface area contributed by atoms with Crippen molar-refractivity contribution in [2.24, 2.45) is 5.73 Å². The van der Waals surface area contributed by atoms with Crippen LogP contribution in [0.5, 0.6) is 0 Å². The lowest BCUT2D eigenvalue weighted by Crippen LogP contribution is -2.19. The summed E-state index contributed by atoms with van der Waals surface area (Å²) in [6, 6.07) is 13.6. The van der Waals surface area contributed by atoms with Gasteiger partial charge in [0.25, 0.3) is 0 Å². The Morgan fingerprint density at radius 1 is 1.19 bits per heavy atom. The molecule has 0 saturated carbocycles. The molecule has 4 aromatic rings. The van der Waals surface area contributed by atoms with Crippen LogP contribution in [-0.2, 0) is 11.3 Å². The Balaban J connectivity index is 1.78. The number of carbonyl (C=O) groups excluding carboxylic acids is 1. The number of aromatic nitrogens is 4. The van der Waals surface area contributed by atoms with Crippen LogP contribution >= 0.6 is 11.8 Å². The lowest BCUT2D eigenvalue weighted by molar-refractivity contribution is -0.117. The molecular weight excluding hydrogens is 365 g/mol. The van der Waals surface area contributed by atoms with E-state index in [4.69, 9.17) is 5.73 Å². The molecule has 2 N–H and O–H groups in total. The van der Waals surface area contributed by atoms with E-state index in [2.05, 4.69) is 19.7 Å². The Morgan fingerprint density at radius 2 is 1.93 bits per heavy atom. The zero-order valence-electron chi connectivity index (χ0n) is 14.5. The fraction of sp³-hybridized carbons (Fsp3) is 0.158. The maximum absolute atomic E-state index is 13.2. The Labute approximate surface area is 158 Å². The maximum Gasteiger partial charge on any atom is 0.235 e. The summed E-state index contributed by atoms with van der Waals surface area (Å²) in [5.74, 6) is -0.926. The number of hydrogen-bond acceptors (Lipinski definition) is 5. The van der Waals surface area contributed by atoms with Gasteiger partial charge in [-0.15, -0.1) is 10.2 Å². The van der Waals surface area contributed by atoms with E-state index in [-0.39, 0.29) is 5.82 Å². The van der Waals surface area contributed by atoms with Crippen LogP contribution in [0.25, 0.3) is 22.1 Å². The van der Waals surface area contributed by atoms with E-state index >= 15 is 0 Å². The molecule has 1 atom stereocenters. The normalized spacial score (nSPS) is 12.5. The first-order valence-corrected chi connectivity index (χ1v) is 9.29. The number of rotatable bonds is 5. The number of primary amides is 1. The van der Waals surface area contributed by atoms with Crippen LogP contribution in [0.2, 0.25) is 0 Å². The molecule has 0 saturated heterocycles. The van der Waals surface area contributed by atoms with Crippen LogP contribution in [0.1, 0.15) is 17.7 Å². The van der Waals surface area contributed by atoms with Crippen molar-refractivity contribution in [2.45, 2.75) is 23.9 Å². The molecule has 0 spiro atoms. The quantitative estimate of drug-likeness (QED) is 0.535. The zero-order valence-corrected chi connectivity index (χ0v) is 15.3. The van der Waals surface area contributed by atoms with Gasteiger partial charge in [-0.25, -0.2) is 9.37 Å². The highest BCUT2D eigenvalue weighted by atomic mass is 32.2. The number of nitrogens with zero attached hydrogens (tertiary/aromatic N) is 4. The van der Waals surface area contributed by atoms with E-state index in [0.29, 0.717) is 21.9 Å². The van der Waals surface area contributed by atoms with E-state index in [1.54, 1.807) is 0 Å². The molecule has 6 nitrogen and oxygen atoms in total. The van der Waals surface area contributed by atoms with Crippen molar-refractivity contribution in [3.8, 4) is 0 Å². The van der Waals surface area contributed by atoms with Crippen LogP contribution in [0.4, 0.5) is 4.39 Å². The first-order chi connectivity index (χ1) is 13.1. The smallest absolute Gasteiger partial charge is 0.235 e. The van der Waals surface area contributed by atoms with Crippen LogP contribution in [0, 0.1) is 5.82 Å². The van der Waals surface area contributed by atoms with Crippen molar-refractivity contribution in [1.82, 2.24) is 19.7 Å². The minimum atomic E-state index is -0.732. The van der Waals surface area contributed by atoms with E-state index < -0.39 is 11.2 Å². The number of carbonyl (C=O) groups is 1. The van der Waals surface area contributed by atoms with E-state index in [0.717, 1.165) is 29.2 Å². The first-order valence-electron chi connectivity index (χ1n) is 8.41. The summed E-state index contributed by atoms with van der Waals surface area (Å²) in [6.45, 7) is 2.76. The molecule has 27 heavy (non-hydrogen) atoms. The number of fused-ring (bicyclic) bond motifs is 3. The Morgan fingerprint density at radius 3 is 2.63 bits per heavy atom. The second-order valence-electron chi connectivity index (χ2n) is 5.98. The molecule has 0 aliphatic rings. The van der Waals surface area contributed by atoms with Gasteiger partial charge in [0.05, 0.1) is 5.52 Å². The third kappa shape index (κ3) is 3.12. The minimum absolute atomic E-state index is 0.341. The molecule has 1 unspecified atom stereocenters. The average molecular weight is 381 g/mol. The van der Waals surface area contributed by atoms with Gasteiger partial charge in [0, 0.05) is 11.9 Å². The van der Waals surface area contributed by atoms with Gasteiger partial charge in [-0.05, 0) is 30.7 Å². The number of benzene rings is 2. The fourth-order valence-corrected chi connectivity index (χ4v) is 3.94. The van der Waals surface area contributed by atoms with Crippen molar-refractivity contribution < 1.29 is 9.18 Å². The summed E-state index contributed by atoms with van der Waals surface area (Å²) in [7, 11) is 0. The number of aryl methyl sites for hydroxylation is 1. The van der Waals surface area contributed by atoms with Gasteiger partial charge >= 0.3 is 0 Å². The summed E-state index contributed by atoms with van der Waals surface area (Å²) in [5, 5.41) is 9.10. The molecule has 0 aliphatic heterocycles. The molecule has 4 rings (SSSR count). The molecule has 0 radical (unpaired) electrons. The number of thioether (sulfide) groups is 1.